The summed E-state index contributed by atoms with van der Waals surface area (Å²) >= 11 is 1.43. The molecule has 1 N–H and O–H groups in total. The van der Waals surface area contributed by atoms with Crippen LogP contribution in [0, 0.1) is 0 Å². The lowest BCUT2D eigenvalue weighted by molar-refractivity contribution is -0.115. The maximum absolute atomic E-state index is 11.7. The van der Waals surface area contributed by atoms with Gasteiger partial charge in [0.25, 0.3) is 0 Å². The molecule has 0 bridgehead atoms. The number of hydrogen-bond donors (Lipinski definition) is 1. The minimum Gasteiger partial charge on any atom is -0.450 e. The first-order valence-electron chi connectivity index (χ1n) is 6.34. The second kappa shape index (κ2) is 6.01. The Morgan fingerprint density at radius 1 is 1.47 bits per heavy atom. The minimum absolute atomic E-state index is 0.0478. The lowest BCUT2D eigenvalue weighted by Gasteiger charge is -2.24. The van der Waals surface area contributed by atoms with E-state index < -0.39 is 0 Å². The Morgan fingerprint density at radius 2 is 2.26 bits per heavy atom. The molecule has 7 heteroatoms. The van der Waals surface area contributed by atoms with Gasteiger partial charge in [-0.15, -0.1) is 0 Å². The van der Waals surface area contributed by atoms with E-state index in [-0.39, 0.29) is 12.0 Å². The lowest BCUT2D eigenvalue weighted by atomic mass is 10.2. The summed E-state index contributed by atoms with van der Waals surface area (Å²) in [6.07, 6.45) is 0.840. The number of fused-ring (bicyclic) bond motifs is 1. The maximum atomic E-state index is 11.7. The van der Waals surface area contributed by atoms with Gasteiger partial charge in [-0.1, -0.05) is 18.3 Å². The fourth-order valence-corrected chi connectivity index (χ4v) is 2.87. The summed E-state index contributed by atoms with van der Waals surface area (Å²) in [4.78, 5) is 30.0. The van der Waals surface area contributed by atoms with Crippen molar-refractivity contribution in [3.8, 4) is 0 Å². The van der Waals surface area contributed by atoms with E-state index in [0.29, 0.717) is 37.7 Å². The van der Waals surface area contributed by atoms with E-state index in [1.54, 1.807) is 18.7 Å². The van der Waals surface area contributed by atoms with Gasteiger partial charge in [-0.25, -0.2) is 9.78 Å². The molecule has 6 nitrogen and oxygen atoms in total. The van der Waals surface area contributed by atoms with Crippen LogP contribution in [-0.4, -0.2) is 35.0 Å². The number of nitrogens with one attached hydrogen (secondary N) is 1. The first-order chi connectivity index (χ1) is 9.13. The van der Waals surface area contributed by atoms with Gasteiger partial charge in [0.05, 0.1) is 18.8 Å². The number of ether oxygens (including phenoxy) is 1. The van der Waals surface area contributed by atoms with Gasteiger partial charge < -0.3 is 15.0 Å². The van der Waals surface area contributed by atoms with Crippen molar-refractivity contribution in [3.63, 3.8) is 0 Å². The first kappa shape index (κ1) is 13.8. The molecular weight excluding hydrogens is 266 g/mol. The zero-order valence-electron chi connectivity index (χ0n) is 11.1. The molecule has 0 radical (unpaired) electrons. The van der Waals surface area contributed by atoms with E-state index in [4.69, 9.17) is 4.74 Å². The van der Waals surface area contributed by atoms with E-state index in [1.807, 2.05) is 0 Å². The number of aromatic nitrogens is 1. The largest absolute Gasteiger partial charge is 0.450 e. The molecule has 104 valence electrons. The van der Waals surface area contributed by atoms with Gasteiger partial charge in [0.15, 0.2) is 5.13 Å². The second-order valence-electron chi connectivity index (χ2n) is 4.16. The Hall–Kier alpha value is -1.63. The van der Waals surface area contributed by atoms with Crippen LogP contribution in [0.15, 0.2) is 0 Å². The van der Waals surface area contributed by atoms with Gasteiger partial charge in [0.2, 0.25) is 5.91 Å². The third kappa shape index (κ3) is 3.23. The van der Waals surface area contributed by atoms with E-state index in [9.17, 15) is 9.59 Å². The topological polar surface area (TPSA) is 71.5 Å². The maximum Gasteiger partial charge on any atom is 0.410 e. The highest BCUT2D eigenvalue weighted by atomic mass is 32.1. The van der Waals surface area contributed by atoms with Crippen LogP contribution in [0.2, 0.25) is 0 Å². The average molecular weight is 283 g/mol. The molecule has 0 fully saturated rings. The Balaban J connectivity index is 2.04. The first-order valence-corrected chi connectivity index (χ1v) is 7.15. The van der Waals surface area contributed by atoms with Crippen LogP contribution in [0.5, 0.6) is 0 Å². The van der Waals surface area contributed by atoms with E-state index in [0.717, 1.165) is 10.6 Å². The molecule has 1 aliphatic rings. The summed E-state index contributed by atoms with van der Waals surface area (Å²) in [6, 6.07) is 0. The summed E-state index contributed by atoms with van der Waals surface area (Å²) in [7, 11) is 0. The number of rotatable bonds is 3. The standard InChI is InChI=1S/C12H17N3O3S/c1-3-10(16)14-11-13-8-5-6-15(7-9(8)19-11)12(17)18-4-2/h3-7H2,1-2H3,(H,13,14,16). The van der Waals surface area contributed by atoms with Crippen LogP contribution in [0.1, 0.15) is 30.8 Å². The fourth-order valence-electron chi connectivity index (χ4n) is 1.83. The Morgan fingerprint density at radius 3 is 2.95 bits per heavy atom. The summed E-state index contributed by atoms with van der Waals surface area (Å²) in [5, 5.41) is 3.37. The highest BCUT2D eigenvalue weighted by Crippen LogP contribution is 2.28. The van der Waals surface area contributed by atoms with Crippen molar-refractivity contribution < 1.29 is 14.3 Å². The van der Waals surface area contributed by atoms with Gasteiger partial charge in [-0.05, 0) is 6.92 Å². The fraction of sp³-hybridized carbons (Fsp3) is 0.583. The van der Waals surface area contributed by atoms with Gasteiger partial charge in [-0.3, -0.25) is 4.79 Å². The molecule has 0 aromatic carbocycles. The van der Waals surface area contributed by atoms with Crippen LogP contribution in [-0.2, 0) is 22.5 Å². The summed E-state index contributed by atoms with van der Waals surface area (Å²) < 4.78 is 4.99. The highest BCUT2D eigenvalue weighted by Gasteiger charge is 2.25. The number of thiazole rings is 1. The van der Waals surface area contributed by atoms with Crippen LogP contribution in [0.4, 0.5) is 9.93 Å². The molecule has 0 unspecified atom stereocenters. The van der Waals surface area contributed by atoms with Gasteiger partial charge in [0.1, 0.15) is 0 Å². The van der Waals surface area contributed by atoms with Crippen LogP contribution >= 0.6 is 11.3 Å². The summed E-state index contributed by atoms with van der Waals surface area (Å²) in [6.45, 7) is 5.08. The molecule has 2 amide bonds. The Bertz CT molecular complexity index is 487. The number of nitrogens with zero attached hydrogens (tertiary/aromatic N) is 2. The molecule has 0 saturated carbocycles. The van der Waals surface area contributed by atoms with Crippen molar-refractivity contribution in [2.75, 3.05) is 18.5 Å². The van der Waals surface area contributed by atoms with E-state index in [1.165, 1.54) is 11.3 Å². The molecule has 0 aliphatic carbocycles. The number of hydrogen-bond acceptors (Lipinski definition) is 5. The predicted octanol–water partition coefficient (Wildman–Crippen LogP) is 2.01. The highest BCUT2D eigenvalue weighted by molar-refractivity contribution is 7.15. The Kier molecular flexibility index (Phi) is 4.36. The van der Waals surface area contributed by atoms with Gasteiger partial charge in [0, 0.05) is 24.3 Å². The van der Waals surface area contributed by atoms with E-state index in [2.05, 4.69) is 10.3 Å². The molecule has 19 heavy (non-hydrogen) atoms. The van der Waals surface area contributed by atoms with Crippen LogP contribution in [0.3, 0.4) is 0 Å². The predicted molar refractivity (Wildman–Crippen MR) is 72.2 cm³/mol. The second-order valence-corrected chi connectivity index (χ2v) is 5.24. The molecule has 0 atom stereocenters. The molecule has 2 rings (SSSR count). The van der Waals surface area contributed by atoms with Crippen molar-refractivity contribution in [2.24, 2.45) is 0 Å². The molecule has 0 saturated heterocycles. The third-order valence-electron chi connectivity index (χ3n) is 2.82. The number of carbonyl (C=O) groups excluding carboxylic acids is 2. The zero-order valence-corrected chi connectivity index (χ0v) is 11.9. The van der Waals surface area contributed by atoms with Crippen LogP contribution < -0.4 is 5.32 Å². The monoisotopic (exact) mass is 283 g/mol. The van der Waals surface area contributed by atoms with Crippen molar-refractivity contribution >= 4 is 28.5 Å². The number of carbonyl (C=O) groups is 2. The third-order valence-corrected chi connectivity index (χ3v) is 3.82. The smallest absolute Gasteiger partial charge is 0.410 e. The Labute approximate surface area is 115 Å². The van der Waals surface area contributed by atoms with Crippen molar-refractivity contribution in [1.82, 2.24) is 9.88 Å². The molecule has 1 aliphatic heterocycles. The number of anilines is 1. The van der Waals surface area contributed by atoms with Crippen molar-refractivity contribution in [3.05, 3.63) is 10.6 Å². The van der Waals surface area contributed by atoms with E-state index >= 15 is 0 Å². The lowest BCUT2D eigenvalue weighted by Crippen LogP contribution is -2.35. The van der Waals surface area contributed by atoms with Gasteiger partial charge in [-0.2, -0.15) is 0 Å². The molecule has 1 aromatic rings. The molecule has 0 spiro atoms. The van der Waals surface area contributed by atoms with Gasteiger partial charge >= 0.3 is 6.09 Å². The quantitative estimate of drug-likeness (QED) is 0.921. The minimum atomic E-state index is -0.291. The molecule has 2 heterocycles. The van der Waals surface area contributed by atoms with Crippen molar-refractivity contribution in [1.29, 1.82) is 0 Å². The normalized spacial score (nSPS) is 13.9. The average Bonchev–Trinajstić information content (AvgIpc) is 2.79. The number of amides is 2. The van der Waals surface area contributed by atoms with Crippen molar-refractivity contribution in [2.45, 2.75) is 33.2 Å². The summed E-state index contributed by atoms with van der Waals surface area (Å²) in [5.74, 6) is -0.0478. The zero-order chi connectivity index (χ0) is 13.8. The SMILES string of the molecule is CCOC(=O)N1CCc2nc(NC(=O)CC)sc2C1. The molecule has 1 aromatic heterocycles. The molecular formula is C12H17N3O3S. The summed E-state index contributed by atoms with van der Waals surface area (Å²) in [5.41, 5.74) is 0.969. The van der Waals surface area contributed by atoms with Crippen LogP contribution in [0.25, 0.3) is 0 Å².